The van der Waals surface area contributed by atoms with Crippen LogP contribution >= 0.6 is 0 Å². The van der Waals surface area contributed by atoms with Crippen molar-refractivity contribution in [3.63, 3.8) is 0 Å². The molecule has 5 atom stereocenters. The van der Waals surface area contributed by atoms with E-state index >= 15 is 0 Å². The van der Waals surface area contributed by atoms with Crippen molar-refractivity contribution >= 4 is 5.97 Å². The van der Waals surface area contributed by atoms with E-state index in [1.54, 1.807) is 0 Å². The molecule has 7 nitrogen and oxygen atoms in total. The van der Waals surface area contributed by atoms with Crippen LogP contribution in [0, 0.1) is 0 Å². The van der Waals surface area contributed by atoms with Gasteiger partial charge in [-0.2, -0.15) is 0 Å². The molecule has 0 aromatic carbocycles. The number of esters is 1. The van der Waals surface area contributed by atoms with Gasteiger partial charge >= 0.3 is 5.97 Å². The van der Waals surface area contributed by atoms with Crippen LogP contribution < -0.4 is 0 Å². The Morgan fingerprint density at radius 3 is 2.44 bits per heavy atom. The molecule has 0 aliphatic carbocycles. The molecular formula is C9H14O7. The third-order valence-corrected chi connectivity index (χ3v) is 2.16. The normalized spacial score (nSPS) is 39.1. The lowest BCUT2D eigenvalue weighted by molar-refractivity contribution is -0.280. The van der Waals surface area contributed by atoms with E-state index in [9.17, 15) is 15.0 Å². The smallest absolute Gasteiger partial charge is 0.338 e. The lowest BCUT2D eigenvalue weighted by atomic mass is 9.99. The maximum atomic E-state index is 11.3. The topological polar surface area (TPSA) is 116 Å². The Kier molecular flexibility index (Phi) is 4.39. The Balaban J connectivity index is 2.66. The van der Waals surface area contributed by atoms with Gasteiger partial charge in [0.25, 0.3) is 0 Å². The van der Waals surface area contributed by atoms with E-state index in [0.717, 1.165) is 0 Å². The standard InChI is InChI=1S/C9H14O7/c1-2-3-15-9(14)7-5(11)4(10)6(12)8(13)16-7/h2,4-8,10-13H,1,3H2/t4-,5-,6+,7+,8+/m0/s1. The third kappa shape index (κ3) is 2.57. The molecular weight excluding hydrogens is 220 g/mol. The minimum atomic E-state index is -1.75. The minimum absolute atomic E-state index is 0.0832. The van der Waals surface area contributed by atoms with Gasteiger partial charge in [-0.05, 0) is 0 Å². The zero-order valence-corrected chi connectivity index (χ0v) is 8.39. The van der Waals surface area contributed by atoms with Crippen LogP contribution in [0.2, 0.25) is 0 Å². The first-order valence-corrected chi connectivity index (χ1v) is 4.64. The first-order chi connectivity index (χ1) is 7.49. The van der Waals surface area contributed by atoms with Crippen LogP contribution in [0.5, 0.6) is 0 Å². The van der Waals surface area contributed by atoms with Gasteiger partial charge in [-0.1, -0.05) is 12.7 Å². The van der Waals surface area contributed by atoms with E-state index in [2.05, 4.69) is 16.1 Å². The monoisotopic (exact) mass is 234 g/mol. The number of aliphatic hydroxyl groups excluding tert-OH is 4. The van der Waals surface area contributed by atoms with Crippen molar-refractivity contribution in [2.75, 3.05) is 6.61 Å². The Morgan fingerprint density at radius 2 is 1.88 bits per heavy atom. The zero-order chi connectivity index (χ0) is 12.3. The molecule has 7 heteroatoms. The molecule has 0 saturated carbocycles. The van der Waals surface area contributed by atoms with E-state index in [1.807, 2.05) is 0 Å². The Hall–Kier alpha value is -0.990. The van der Waals surface area contributed by atoms with Gasteiger partial charge in [-0.3, -0.25) is 0 Å². The highest BCUT2D eigenvalue weighted by Gasteiger charge is 2.46. The molecule has 92 valence electrons. The van der Waals surface area contributed by atoms with Crippen molar-refractivity contribution in [1.29, 1.82) is 0 Å². The van der Waals surface area contributed by atoms with Crippen molar-refractivity contribution in [2.24, 2.45) is 0 Å². The second kappa shape index (κ2) is 5.37. The first kappa shape index (κ1) is 13.1. The van der Waals surface area contributed by atoms with Crippen molar-refractivity contribution in [3.8, 4) is 0 Å². The fourth-order valence-corrected chi connectivity index (χ4v) is 1.28. The lowest BCUT2D eigenvalue weighted by Crippen LogP contribution is -2.59. The van der Waals surface area contributed by atoms with Crippen LogP contribution in [-0.4, -0.2) is 63.7 Å². The summed E-state index contributed by atoms with van der Waals surface area (Å²) in [4.78, 5) is 11.3. The highest BCUT2D eigenvalue weighted by atomic mass is 16.7. The SMILES string of the molecule is C=CCOC(=O)[C@@H]1O[C@@H](O)[C@H](O)[C@@H](O)[C@@H]1O. The molecule has 1 saturated heterocycles. The van der Waals surface area contributed by atoms with Crippen molar-refractivity contribution in [2.45, 2.75) is 30.7 Å². The average molecular weight is 234 g/mol. The van der Waals surface area contributed by atoms with Gasteiger partial charge in [0.1, 0.15) is 24.9 Å². The molecule has 4 N–H and O–H groups in total. The second-order valence-electron chi connectivity index (χ2n) is 3.34. The highest BCUT2D eigenvalue weighted by Crippen LogP contribution is 2.20. The van der Waals surface area contributed by atoms with Crippen LogP contribution in [-0.2, 0) is 14.3 Å². The summed E-state index contributed by atoms with van der Waals surface area (Å²) in [5, 5.41) is 37.0. The van der Waals surface area contributed by atoms with E-state index in [1.165, 1.54) is 6.08 Å². The van der Waals surface area contributed by atoms with Gasteiger partial charge in [0.2, 0.25) is 0 Å². The molecule has 0 aromatic heterocycles. The summed E-state index contributed by atoms with van der Waals surface area (Å²) in [6, 6.07) is 0. The van der Waals surface area contributed by atoms with Gasteiger partial charge in [-0.25, -0.2) is 4.79 Å². The Labute approximate surface area is 91.5 Å². The summed E-state index contributed by atoms with van der Waals surface area (Å²) in [6.45, 7) is 3.24. The minimum Gasteiger partial charge on any atom is -0.459 e. The molecule has 1 aliphatic rings. The lowest BCUT2D eigenvalue weighted by Gasteiger charge is -2.36. The summed E-state index contributed by atoms with van der Waals surface area (Å²) >= 11 is 0. The first-order valence-electron chi connectivity index (χ1n) is 4.64. The summed E-state index contributed by atoms with van der Waals surface area (Å²) in [5.74, 6) is -0.947. The molecule has 1 rings (SSSR count). The quantitative estimate of drug-likeness (QED) is 0.315. The maximum absolute atomic E-state index is 11.3. The number of hydrogen-bond donors (Lipinski definition) is 4. The van der Waals surface area contributed by atoms with Crippen LogP contribution in [0.3, 0.4) is 0 Å². The molecule has 1 heterocycles. The number of hydrogen-bond acceptors (Lipinski definition) is 7. The molecule has 0 aromatic rings. The number of carbonyl (C=O) groups is 1. The number of rotatable bonds is 3. The molecule has 0 amide bonds. The molecule has 1 aliphatic heterocycles. The van der Waals surface area contributed by atoms with Crippen molar-refractivity contribution < 1.29 is 34.7 Å². The largest absolute Gasteiger partial charge is 0.459 e. The van der Waals surface area contributed by atoms with Gasteiger partial charge in [0.15, 0.2) is 12.4 Å². The molecule has 0 bridgehead atoms. The van der Waals surface area contributed by atoms with Crippen molar-refractivity contribution in [3.05, 3.63) is 12.7 Å². The Morgan fingerprint density at radius 1 is 1.25 bits per heavy atom. The van der Waals surface area contributed by atoms with Crippen LogP contribution in [0.15, 0.2) is 12.7 Å². The summed E-state index contributed by atoms with van der Waals surface area (Å²) in [6.07, 6.45) is -6.97. The summed E-state index contributed by atoms with van der Waals surface area (Å²) in [7, 11) is 0. The van der Waals surface area contributed by atoms with E-state index in [-0.39, 0.29) is 6.61 Å². The van der Waals surface area contributed by atoms with Crippen LogP contribution in [0.4, 0.5) is 0 Å². The van der Waals surface area contributed by atoms with Crippen LogP contribution in [0.1, 0.15) is 0 Å². The molecule has 0 spiro atoms. The highest BCUT2D eigenvalue weighted by molar-refractivity contribution is 5.75. The van der Waals surface area contributed by atoms with Gasteiger partial charge in [-0.15, -0.1) is 0 Å². The Bertz CT molecular complexity index is 267. The predicted octanol–water partition coefficient (Wildman–Crippen LogP) is -2.48. The number of aliphatic hydroxyl groups is 4. The zero-order valence-electron chi connectivity index (χ0n) is 8.39. The molecule has 1 fully saturated rings. The fourth-order valence-electron chi connectivity index (χ4n) is 1.28. The summed E-state index contributed by atoms with van der Waals surface area (Å²) in [5.41, 5.74) is 0. The second-order valence-corrected chi connectivity index (χ2v) is 3.34. The molecule has 0 radical (unpaired) electrons. The summed E-state index contributed by atoms with van der Waals surface area (Å²) < 4.78 is 9.21. The fraction of sp³-hybridized carbons (Fsp3) is 0.667. The maximum Gasteiger partial charge on any atom is 0.338 e. The third-order valence-electron chi connectivity index (χ3n) is 2.16. The average Bonchev–Trinajstić information content (AvgIpc) is 2.28. The van der Waals surface area contributed by atoms with Gasteiger partial charge < -0.3 is 29.9 Å². The van der Waals surface area contributed by atoms with E-state index < -0.39 is 36.7 Å². The number of ether oxygens (including phenoxy) is 2. The molecule has 16 heavy (non-hydrogen) atoms. The van der Waals surface area contributed by atoms with Crippen molar-refractivity contribution in [1.82, 2.24) is 0 Å². The van der Waals surface area contributed by atoms with Gasteiger partial charge in [0, 0.05) is 0 Å². The number of carbonyl (C=O) groups excluding carboxylic acids is 1. The predicted molar refractivity (Wildman–Crippen MR) is 50.1 cm³/mol. The van der Waals surface area contributed by atoms with Gasteiger partial charge in [0.05, 0.1) is 0 Å². The van der Waals surface area contributed by atoms with E-state index in [0.29, 0.717) is 0 Å². The van der Waals surface area contributed by atoms with E-state index in [4.69, 9.17) is 10.2 Å². The van der Waals surface area contributed by atoms with Crippen LogP contribution in [0.25, 0.3) is 0 Å². The molecule has 0 unspecified atom stereocenters.